The first kappa shape index (κ1) is 11.8. The first-order chi connectivity index (χ1) is 5.61. The first-order valence-electron chi connectivity index (χ1n) is 3.49. The summed E-state index contributed by atoms with van der Waals surface area (Å²) in [5.41, 5.74) is 0. The van der Waals surface area contributed by atoms with E-state index >= 15 is 0 Å². The molecule has 74 valence electrons. The van der Waals surface area contributed by atoms with E-state index in [-0.39, 0.29) is 6.61 Å². The molecule has 0 aliphatic carbocycles. The van der Waals surface area contributed by atoms with Crippen molar-refractivity contribution in [2.24, 2.45) is 0 Å². The van der Waals surface area contributed by atoms with Crippen molar-refractivity contribution in [3.63, 3.8) is 0 Å². The Labute approximate surface area is 69.6 Å². The van der Waals surface area contributed by atoms with Gasteiger partial charge in [-0.25, -0.2) is 0 Å². The van der Waals surface area contributed by atoms with Gasteiger partial charge in [0, 0.05) is 0 Å². The zero-order valence-electron chi connectivity index (χ0n) is 6.50. The molecule has 1 unspecified atom stereocenters. The van der Waals surface area contributed by atoms with Crippen LogP contribution < -0.4 is 0 Å². The number of ether oxygens (including phenoxy) is 1. The molecule has 12 heavy (non-hydrogen) atoms. The lowest BCUT2D eigenvalue weighted by molar-refractivity contribution is -0.184. The predicted octanol–water partition coefficient (Wildman–Crippen LogP) is -2.97. The van der Waals surface area contributed by atoms with Gasteiger partial charge in [0.05, 0.1) is 19.8 Å². The van der Waals surface area contributed by atoms with Crippen LogP contribution in [0.15, 0.2) is 0 Å². The molecular weight excluding hydrogens is 168 g/mol. The van der Waals surface area contributed by atoms with Crippen LogP contribution in [0.25, 0.3) is 0 Å². The molecule has 0 heterocycles. The van der Waals surface area contributed by atoms with Crippen molar-refractivity contribution in [2.45, 2.75) is 18.5 Å². The Hall–Kier alpha value is -0.240. The summed E-state index contributed by atoms with van der Waals surface area (Å²) in [7, 11) is 0. The van der Waals surface area contributed by atoms with Gasteiger partial charge in [0.25, 0.3) is 0 Å². The Kier molecular flexibility index (Phi) is 6.17. The van der Waals surface area contributed by atoms with Crippen molar-refractivity contribution in [3.8, 4) is 0 Å². The van der Waals surface area contributed by atoms with Gasteiger partial charge in [-0.1, -0.05) is 0 Å². The van der Waals surface area contributed by atoms with Gasteiger partial charge < -0.3 is 30.3 Å². The lowest BCUT2D eigenvalue weighted by Gasteiger charge is -2.17. The minimum absolute atomic E-state index is 0.297. The maximum absolute atomic E-state index is 8.84. The summed E-state index contributed by atoms with van der Waals surface area (Å²) in [6.45, 7) is -1.41. The van der Waals surface area contributed by atoms with E-state index in [9.17, 15) is 0 Å². The Morgan fingerprint density at radius 1 is 1.00 bits per heavy atom. The van der Waals surface area contributed by atoms with Gasteiger partial charge in [0.15, 0.2) is 6.29 Å². The largest absolute Gasteiger partial charge is 0.394 e. The highest BCUT2D eigenvalue weighted by molar-refractivity contribution is 4.57. The van der Waals surface area contributed by atoms with Crippen molar-refractivity contribution in [1.29, 1.82) is 0 Å². The van der Waals surface area contributed by atoms with E-state index in [4.69, 9.17) is 25.5 Å². The number of rotatable bonds is 6. The summed E-state index contributed by atoms with van der Waals surface area (Å²) < 4.78 is 4.48. The van der Waals surface area contributed by atoms with E-state index in [2.05, 4.69) is 4.74 Å². The lowest BCUT2D eigenvalue weighted by Crippen LogP contribution is -2.34. The van der Waals surface area contributed by atoms with E-state index in [0.29, 0.717) is 0 Å². The van der Waals surface area contributed by atoms with Crippen molar-refractivity contribution < 1.29 is 30.3 Å². The van der Waals surface area contributed by atoms with Crippen LogP contribution in [0.5, 0.6) is 0 Å². The van der Waals surface area contributed by atoms with Crippen LogP contribution in [0.4, 0.5) is 0 Å². The fourth-order valence-electron chi connectivity index (χ4n) is 0.464. The molecule has 5 N–H and O–H groups in total. The summed E-state index contributed by atoms with van der Waals surface area (Å²) in [5.74, 6) is 0. The van der Waals surface area contributed by atoms with Gasteiger partial charge in [0.1, 0.15) is 12.2 Å². The second-order valence-corrected chi connectivity index (χ2v) is 2.31. The van der Waals surface area contributed by atoms with Crippen molar-refractivity contribution in [3.05, 3.63) is 0 Å². The summed E-state index contributed by atoms with van der Waals surface area (Å²) >= 11 is 0. The molecule has 6 nitrogen and oxygen atoms in total. The maximum atomic E-state index is 8.84. The topological polar surface area (TPSA) is 110 Å². The third-order valence-electron chi connectivity index (χ3n) is 1.19. The predicted molar refractivity (Wildman–Crippen MR) is 38.1 cm³/mol. The molecule has 6 heteroatoms. The average molecular weight is 182 g/mol. The van der Waals surface area contributed by atoms with Crippen LogP contribution in [0.1, 0.15) is 0 Å². The zero-order valence-corrected chi connectivity index (χ0v) is 6.50. The molecule has 0 fully saturated rings. The van der Waals surface area contributed by atoms with Crippen molar-refractivity contribution >= 4 is 0 Å². The van der Waals surface area contributed by atoms with Crippen LogP contribution in [0.3, 0.4) is 0 Å². The molecule has 0 rings (SSSR count). The molecule has 0 aliphatic rings. The maximum Gasteiger partial charge on any atom is 0.183 e. The Morgan fingerprint density at radius 2 is 1.58 bits per heavy atom. The van der Waals surface area contributed by atoms with E-state index in [1.165, 1.54) is 0 Å². The van der Waals surface area contributed by atoms with Crippen molar-refractivity contribution in [2.75, 3.05) is 19.8 Å². The minimum atomic E-state index is -1.55. The highest BCUT2D eigenvalue weighted by Gasteiger charge is 2.16. The summed E-state index contributed by atoms with van der Waals surface area (Å²) in [5, 5.41) is 43.0. The molecular formula is C6H14O6. The highest BCUT2D eigenvalue weighted by Crippen LogP contribution is 1.96. The summed E-state index contributed by atoms with van der Waals surface area (Å²) in [6, 6.07) is 0. The van der Waals surface area contributed by atoms with Crippen molar-refractivity contribution in [1.82, 2.24) is 0 Å². The second kappa shape index (κ2) is 6.30. The van der Waals surface area contributed by atoms with Gasteiger partial charge in [-0.15, -0.1) is 0 Å². The monoisotopic (exact) mass is 182 g/mol. The molecule has 0 saturated heterocycles. The van der Waals surface area contributed by atoms with Gasteiger partial charge in [-0.2, -0.15) is 0 Å². The van der Waals surface area contributed by atoms with E-state index in [1.807, 2.05) is 0 Å². The SMILES string of the molecule is OCC(O)[C@H](O)OC[C@@H](O)CO. The molecule has 0 aliphatic heterocycles. The molecule has 0 aromatic carbocycles. The van der Waals surface area contributed by atoms with Crippen LogP contribution >= 0.6 is 0 Å². The normalized spacial score (nSPS) is 18.8. The van der Waals surface area contributed by atoms with Crippen LogP contribution in [0, 0.1) is 0 Å². The third-order valence-corrected chi connectivity index (χ3v) is 1.19. The fourth-order valence-corrected chi connectivity index (χ4v) is 0.464. The minimum Gasteiger partial charge on any atom is -0.394 e. The number of hydrogen-bond acceptors (Lipinski definition) is 6. The Balaban J connectivity index is 3.49. The molecule has 0 aromatic rings. The molecule has 0 bridgehead atoms. The summed E-state index contributed by atoms with van der Waals surface area (Å²) in [6.07, 6.45) is -4.03. The number of aliphatic hydroxyl groups is 5. The second-order valence-electron chi connectivity index (χ2n) is 2.31. The summed E-state index contributed by atoms with van der Waals surface area (Å²) in [4.78, 5) is 0. The van der Waals surface area contributed by atoms with E-state index in [1.54, 1.807) is 0 Å². The van der Waals surface area contributed by atoms with Gasteiger partial charge in [-0.3, -0.25) is 0 Å². The highest BCUT2D eigenvalue weighted by atomic mass is 16.6. The third kappa shape index (κ3) is 4.60. The lowest BCUT2D eigenvalue weighted by atomic mass is 10.3. The van der Waals surface area contributed by atoms with E-state index in [0.717, 1.165) is 0 Å². The zero-order chi connectivity index (χ0) is 9.56. The Morgan fingerprint density at radius 3 is 2.00 bits per heavy atom. The molecule has 0 spiro atoms. The Bertz CT molecular complexity index is 108. The van der Waals surface area contributed by atoms with Crippen LogP contribution in [-0.2, 0) is 4.74 Å². The molecule has 0 aromatic heterocycles. The number of hydrogen-bond donors (Lipinski definition) is 5. The van der Waals surface area contributed by atoms with Crippen LogP contribution in [0.2, 0.25) is 0 Å². The molecule has 0 radical (unpaired) electrons. The fraction of sp³-hybridized carbons (Fsp3) is 1.00. The van der Waals surface area contributed by atoms with Gasteiger partial charge in [-0.05, 0) is 0 Å². The van der Waals surface area contributed by atoms with Crippen LogP contribution in [-0.4, -0.2) is 63.9 Å². The molecule has 0 saturated carbocycles. The van der Waals surface area contributed by atoms with Gasteiger partial charge >= 0.3 is 0 Å². The number of aliphatic hydroxyl groups excluding tert-OH is 5. The molecule has 0 amide bonds. The average Bonchev–Trinajstić information content (AvgIpc) is 2.11. The quantitative estimate of drug-likeness (QED) is 0.280. The smallest absolute Gasteiger partial charge is 0.183 e. The standard InChI is InChI=1S/C6H14O6/c7-1-4(9)3-12-6(11)5(10)2-8/h4-11H,1-3H2/t4-,5?,6+/m0/s1. The first-order valence-corrected chi connectivity index (χ1v) is 3.49. The molecule has 3 atom stereocenters. The van der Waals surface area contributed by atoms with E-state index < -0.39 is 31.7 Å². The van der Waals surface area contributed by atoms with Gasteiger partial charge in [0.2, 0.25) is 0 Å².